The summed E-state index contributed by atoms with van der Waals surface area (Å²) >= 11 is 0. The van der Waals surface area contributed by atoms with Gasteiger partial charge >= 0.3 is 0 Å². The average molecular weight is 305 g/mol. The summed E-state index contributed by atoms with van der Waals surface area (Å²) in [7, 11) is 0. The van der Waals surface area contributed by atoms with Crippen LogP contribution < -0.4 is 11.1 Å². The van der Waals surface area contributed by atoms with Crippen LogP contribution in [0.1, 0.15) is 35.7 Å². The van der Waals surface area contributed by atoms with E-state index in [1.54, 1.807) is 6.07 Å². The second-order valence-electron chi connectivity index (χ2n) is 5.85. The van der Waals surface area contributed by atoms with Gasteiger partial charge in [0.2, 0.25) is 0 Å². The van der Waals surface area contributed by atoms with Crippen LogP contribution in [0.4, 0.5) is 11.5 Å². The third kappa shape index (κ3) is 3.16. The minimum atomic E-state index is -0.254. The molecule has 0 bridgehead atoms. The van der Waals surface area contributed by atoms with Gasteiger partial charge in [0.1, 0.15) is 5.82 Å². The fourth-order valence-electron chi connectivity index (χ4n) is 2.46. The summed E-state index contributed by atoms with van der Waals surface area (Å²) in [5.74, 6) is 0.409. The highest BCUT2D eigenvalue weighted by molar-refractivity contribution is 6.09. The standard InChI is InChI=1S/C19H19N3O/c1-12(2)13-8-9-14-10-16(18(20)22-17(14)11-13)19(23)21-15-6-4-3-5-7-15/h3-12H,1-2H3,(H2,20,22)(H,21,23). The molecule has 0 unspecified atom stereocenters. The molecule has 23 heavy (non-hydrogen) atoms. The van der Waals surface area contributed by atoms with Gasteiger partial charge in [-0.25, -0.2) is 4.98 Å². The minimum Gasteiger partial charge on any atom is -0.383 e. The Bertz CT molecular complexity index is 857. The van der Waals surface area contributed by atoms with Gasteiger partial charge in [-0.1, -0.05) is 44.2 Å². The number of rotatable bonds is 3. The Balaban J connectivity index is 1.96. The van der Waals surface area contributed by atoms with Crippen LogP contribution in [0.3, 0.4) is 0 Å². The molecule has 4 nitrogen and oxygen atoms in total. The first kappa shape index (κ1) is 15.0. The largest absolute Gasteiger partial charge is 0.383 e. The van der Waals surface area contributed by atoms with Gasteiger partial charge in [-0.2, -0.15) is 0 Å². The predicted molar refractivity (Wildman–Crippen MR) is 94.6 cm³/mol. The Morgan fingerprint density at radius 2 is 1.83 bits per heavy atom. The van der Waals surface area contributed by atoms with Gasteiger partial charge in [0.25, 0.3) is 5.91 Å². The smallest absolute Gasteiger partial charge is 0.259 e. The lowest BCUT2D eigenvalue weighted by Crippen LogP contribution is -2.15. The van der Waals surface area contributed by atoms with Gasteiger partial charge in [-0.15, -0.1) is 0 Å². The lowest BCUT2D eigenvalue weighted by molar-refractivity contribution is 0.102. The zero-order valence-electron chi connectivity index (χ0n) is 13.2. The number of nitrogens with one attached hydrogen (secondary N) is 1. The second kappa shape index (κ2) is 6.08. The lowest BCUT2D eigenvalue weighted by atomic mass is 10.0. The van der Waals surface area contributed by atoms with Crippen LogP contribution in [0.2, 0.25) is 0 Å². The van der Waals surface area contributed by atoms with Gasteiger partial charge in [0, 0.05) is 11.1 Å². The number of nitrogens with two attached hydrogens (primary N) is 1. The number of aromatic nitrogens is 1. The molecular weight excluding hydrogens is 286 g/mol. The minimum absolute atomic E-state index is 0.242. The molecule has 116 valence electrons. The SMILES string of the molecule is CC(C)c1ccc2cc(C(=O)Nc3ccccc3)c(N)nc2c1. The van der Waals surface area contributed by atoms with Crippen LogP contribution in [0.25, 0.3) is 10.9 Å². The highest BCUT2D eigenvalue weighted by atomic mass is 16.1. The van der Waals surface area contributed by atoms with Crippen molar-refractivity contribution >= 4 is 28.3 Å². The number of amides is 1. The van der Waals surface area contributed by atoms with E-state index in [2.05, 4.69) is 30.2 Å². The average Bonchev–Trinajstić information content (AvgIpc) is 2.54. The molecule has 1 amide bonds. The molecule has 3 aromatic rings. The third-order valence-electron chi connectivity index (χ3n) is 3.81. The normalized spacial score (nSPS) is 10.9. The fourth-order valence-corrected chi connectivity index (χ4v) is 2.46. The van der Waals surface area contributed by atoms with Crippen LogP contribution in [-0.2, 0) is 0 Å². The molecule has 0 saturated heterocycles. The van der Waals surface area contributed by atoms with E-state index < -0.39 is 0 Å². The topological polar surface area (TPSA) is 68.0 Å². The fraction of sp³-hybridized carbons (Fsp3) is 0.158. The Morgan fingerprint density at radius 1 is 1.09 bits per heavy atom. The van der Waals surface area contributed by atoms with Gasteiger partial charge < -0.3 is 11.1 Å². The van der Waals surface area contributed by atoms with Crippen LogP contribution in [0.15, 0.2) is 54.6 Å². The first-order valence-electron chi connectivity index (χ1n) is 7.61. The number of anilines is 2. The third-order valence-corrected chi connectivity index (χ3v) is 3.81. The summed E-state index contributed by atoms with van der Waals surface area (Å²) in [6.07, 6.45) is 0. The Morgan fingerprint density at radius 3 is 2.52 bits per heavy atom. The maximum atomic E-state index is 12.4. The van der Waals surface area contributed by atoms with Gasteiger partial charge in [0.15, 0.2) is 0 Å². The number of carbonyl (C=O) groups excluding carboxylic acids is 1. The Labute approximate surface area is 135 Å². The van der Waals surface area contributed by atoms with Crippen molar-refractivity contribution in [2.24, 2.45) is 0 Å². The van der Waals surface area contributed by atoms with E-state index in [1.807, 2.05) is 42.5 Å². The molecule has 4 heteroatoms. The van der Waals surface area contributed by atoms with Crippen molar-refractivity contribution < 1.29 is 4.79 Å². The van der Waals surface area contributed by atoms with E-state index in [9.17, 15) is 4.79 Å². The lowest BCUT2D eigenvalue weighted by Gasteiger charge is -2.10. The summed E-state index contributed by atoms with van der Waals surface area (Å²) < 4.78 is 0. The highest BCUT2D eigenvalue weighted by Gasteiger charge is 2.13. The van der Waals surface area contributed by atoms with Crippen molar-refractivity contribution in [3.63, 3.8) is 0 Å². The number of carbonyl (C=O) groups is 1. The molecule has 3 N–H and O–H groups in total. The number of hydrogen-bond acceptors (Lipinski definition) is 3. The monoisotopic (exact) mass is 305 g/mol. The van der Waals surface area contributed by atoms with Crippen molar-refractivity contribution in [2.45, 2.75) is 19.8 Å². The first-order valence-corrected chi connectivity index (χ1v) is 7.61. The molecule has 0 fully saturated rings. The number of pyridine rings is 1. The highest BCUT2D eigenvalue weighted by Crippen LogP contribution is 2.24. The second-order valence-corrected chi connectivity index (χ2v) is 5.85. The molecule has 0 saturated carbocycles. The number of para-hydroxylation sites is 1. The number of nitrogen functional groups attached to an aromatic ring is 1. The van der Waals surface area contributed by atoms with Crippen LogP contribution in [0.5, 0.6) is 0 Å². The molecule has 3 rings (SSSR count). The zero-order valence-corrected chi connectivity index (χ0v) is 13.2. The summed E-state index contributed by atoms with van der Waals surface area (Å²) in [4.78, 5) is 16.8. The first-order chi connectivity index (χ1) is 11.0. The molecular formula is C19H19N3O. The molecule has 0 aliphatic carbocycles. The number of benzene rings is 2. The van der Waals surface area contributed by atoms with Crippen molar-refractivity contribution in [1.29, 1.82) is 0 Å². The molecule has 2 aromatic carbocycles. The van der Waals surface area contributed by atoms with Crippen molar-refractivity contribution in [3.8, 4) is 0 Å². The molecule has 1 heterocycles. The summed E-state index contributed by atoms with van der Waals surface area (Å²) in [6, 6.07) is 17.1. The number of fused-ring (bicyclic) bond motifs is 1. The van der Waals surface area contributed by atoms with Crippen molar-refractivity contribution in [1.82, 2.24) is 4.98 Å². The molecule has 0 radical (unpaired) electrons. The number of hydrogen-bond donors (Lipinski definition) is 2. The summed E-state index contributed by atoms with van der Waals surface area (Å²) in [6.45, 7) is 4.26. The van der Waals surface area contributed by atoms with E-state index >= 15 is 0 Å². The van der Waals surface area contributed by atoms with Crippen LogP contribution >= 0.6 is 0 Å². The van der Waals surface area contributed by atoms with Crippen molar-refractivity contribution in [2.75, 3.05) is 11.1 Å². The number of nitrogens with zero attached hydrogens (tertiary/aromatic N) is 1. The summed E-state index contributed by atoms with van der Waals surface area (Å²) in [5.41, 5.74) is 9.12. The van der Waals surface area contributed by atoms with Crippen LogP contribution in [-0.4, -0.2) is 10.9 Å². The zero-order chi connectivity index (χ0) is 16.4. The van der Waals surface area contributed by atoms with E-state index in [0.717, 1.165) is 16.6 Å². The molecule has 0 spiro atoms. The Hall–Kier alpha value is -2.88. The van der Waals surface area contributed by atoms with Gasteiger partial charge in [-0.05, 0) is 35.7 Å². The molecule has 1 aromatic heterocycles. The molecule has 0 atom stereocenters. The maximum Gasteiger partial charge on any atom is 0.259 e. The van der Waals surface area contributed by atoms with E-state index in [1.165, 1.54) is 5.56 Å². The van der Waals surface area contributed by atoms with E-state index in [0.29, 0.717) is 11.5 Å². The maximum absolute atomic E-state index is 12.4. The predicted octanol–water partition coefficient (Wildman–Crippen LogP) is 4.19. The van der Waals surface area contributed by atoms with Crippen molar-refractivity contribution in [3.05, 3.63) is 65.7 Å². The summed E-state index contributed by atoms with van der Waals surface area (Å²) in [5, 5.41) is 3.74. The van der Waals surface area contributed by atoms with Gasteiger partial charge in [-0.3, -0.25) is 4.79 Å². The van der Waals surface area contributed by atoms with Gasteiger partial charge in [0.05, 0.1) is 11.1 Å². The molecule has 0 aliphatic heterocycles. The van der Waals surface area contributed by atoms with E-state index in [-0.39, 0.29) is 11.7 Å². The van der Waals surface area contributed by atoms with Crippen LogP contribution in [0, 0.1) is 0 Å². The Kier molecular flexibility index (Phi) is 3.98. The quantitative estimate of drug-likeness (QED) is 0.762. The van der Waals surface area contributed by atoms with E-state index in [4.69, 9.17) is 5.73 Å². The molecule has 0 aliphatic rings.